The highest BCUT2D eigenvalue weighted by atomic mass is 32.2. The van der Waals surface area contributed by atoms with Crippen LogP contribution in [0.1, 0.15) is 40.2 Å². The van der Waals surface area contributed by atoms with E-state index in [4.69, 9.17) is 23.5 Å². The molecule has 0 amide bonds. The summed E-state index contributed by atoms with van der Waals surface area (Å²) >= 11 is 0. The van der Waals surface area contributed by atoms with Gasteiger partial charge in [-0.05, 0) is 86.6 Å². The van der Waals surface area contributed by atoms with Crippen molar-refractivity contribution >= 4 is 27.0 Å². The molecular weight excluding hydrogens is 590 g/mol. The first-order valence-electron chi connectivity index (χ1n) is 13.0. The molecule has 1 aliphatic rings. The Labute approximate surface area is 247 Å². The van der Waals surface area contributed by atoms with Crippen LogP contribution in [0.3, 0.4) is 0 Å². The summed E-state index contributed by atoms with van der Waals surface area (Å²) in [5.41, 5.74) is 0.771. The van der Waals surface area contributed by atoms with E-state index in [0.29, 0.717) is 19.0 Å². The molecule has 8 nitrogen and oxygen atoms in total. The molecule has 0 aromatic heterocycles. The zero-order chi connectivity index (χ0) is 30.9. The van der Waals surface area contributed by atoms with E-state index in [9.17, 15) is 22.0 Å². The molecule has 3 aromatic rings. The second-order valence-corrected chi connectivity index (χ2v) is 14.4. The third-order valence-corrected chi connectivity index (χ3v) is 9.85. The van der Waals surface area contributed by atoms with Gasteiger partial charge in [0.15, 0.2) is 26.6 Å². The second-order valence-electron chi connectivity index (χ2n) is 10.9. The largest absolute Gasteiger partial charge is 0.483 e. The minimum atomic E-state index is -5.65. The predicted octanol–water partition coefficient (Wildman–Crippen LogP) is 6.20. The molecule has 0 saturated carbocycles. The number of benzene rings is 3. The maximum atomic E-state index is 14.0. The van der Waals surface area contributed by atoms with Crippen molar-refractivity contribution in [3.63, 3.8) is 0 Å². The number of alkyl halides is 2. The summed E-state index contributed by atoms with van der Waals surface area (Å²) in [5, 5.41) is -4.49. The zero-order valence-corrected chi connectivity index (χ0v) is 25.4. The third kappa shape index (κ3) is 7.12. The maximum Gasteiger partial charge on any atom is 0.405 e. The normalized spacial score (nSPS) is 18.1. The Morgan fingerprint density at radius 1 is 0.881 bits per heavy atom. The van der Waals surface area contributed by atoms with Gasteiger partial charge in [0.2, 0.25) is 0 Å². The van der Waals surface area contributed by atoms with E-state index in [2.05, 4.69) is 13.8 Å². The highest BCUT2D eigenvalue weighted by Gasteiger charge is 2.51. The predicted molar refractivity (Wildman–Crippen MR) is 152 cm³/mol. The fourth-order valence-electron chi connectivity index (χ4n) is 4.16. The van der Waals surface area contributed by atoms with Crippen LogP contribution in [-0.2, 0) is 41.1 Å². The summed E-state index contributed by atoms with van der Waals surface area (Å²) in [6.45, 7) is 9.31. The van der Waals surface area contributed by atoms with E-state index in [1.54, 1.807) is 24.3 Å². The highest BCUT2D eigenvalue weighted by molar-refractivity contribution is 7.97. The Bertz CT molecular complexity index is 1500. The number of hydrogen-bond acceptors (Lipinski definition) is 7. The van der Waals surface area contributed by atoms with Gasteiger partial charge in [-0.25, -0.2) is 0 Å². The van der Waals surface area contributed by atoms with Gasteiger partial charge < -0.3 is 18.9 Å². The minimum Gasteiger partial charge on any atom is -0.483 e. The Hall–Kier alpha value is -3.03. The zero-order valence-electron chi connectivity index (χ0n) is 23.8. The molecule has 226 valence electrons. The number of esters is 1. The highest BCUT2D eigenvalue weighted by Crippen LogP contribution is 2.39. The third-order valence-electron chi connectivity index (χ3n) is 6.60. The Kier molecular flexibility index (Phi) is 9.06. The molecule has 0 radical (unpaired) electrons. The average Bonchev–Trinajstić information content (AvgIpc) is 2.92. The average molecular weight is 624 g/mol. The lowest BCUT2D eigenvalue weighted by atomic mass is 9.94. The maximum absolute atomic E-state index is 14.0. The Balaban J connectivity index is 1.65. The number of rotatable bonds is 9. The molecule has 1 fully saturated rings. The van der Waals surface area contributed by atoms with Crippen LogP contribution in [0.4, 0.5) is 8.78 Å². The van der Waals surface area contributed by atoms with Gasteiger partial charge in [0.05, 0.1) is 24.1 Å². The number of carbonyl (C=O) groups is 1. The molecule has 0 spiro atoms. The van der Waals surface area contributed by atoms with Gasteiger partial charge in [-0.1, -0.05) is 13.8 Å². The summed E-state index contributed by atoms with van der Waals surface area (Å²) in [7, 11) is -6.34. The summed E-state index contributed by atoms with van der Waals surface area (Å²) in [6, 6.07) is 21.2. The fourth-order valence-corrected chi connectivity index (χ4v) is 6.67. The minimum absolute atomic E-state index is 0.00104. The number of carbonyl (C=O) groups excluding carboxylic acids is 1. The number of ether oxygens (including phenoxy) is 4. The Morgan fingerprint density at radius 2 is 1.31 bits per heavy atom. The van der Waals surface area contributed by atoms with Gasteiger partial charge in [-0.3, -0.25) is 9.35 Å². The van der Waals surface area contributed by atoms with Gasteiger partial charge in [0.25, 0.3) is 0 Å². The van der Waals surface area contributed by atoms with E-state index in [0.717, 1.165) is 27.2 Å². The van der Waals surface area contributed by atoms with Crippen molar-refractivity contribution in [2.75, 3.05) is 13.2 Å². The smallest absolute Gasteiger partial charge is 0.405 e. The van der Waals surface area contributed by atoms with E-state index in [1.807, 2.05) is 43.3 Å². The molecule has 1 aliphatic heterocycles. The van der Waals surface area contributed by atoms with Crippen molar-refractivity contribution in [1.82, 2.24) is 0 Å². The molecule has 1 N–H and O–H groups in total. The van der Waals surface area contributed by atoms with Crippen LogP contribution in [0.2, 0.25) is 0 Å². The van der Waals surface area contributed by atoms with Gasteiger partial charge >= 0.3 is 21.3 Å². The first kappa shape index (κ1) is 31.9. The van der Waals surface area contributed by atoms with Crippen LogP contribution in [0, 0.1) is 5.41 Å². The molecule has 3 aromatic carbocycles. The molecule has 2 unspecified atom stereocenters. The van der Waals surface area contributed by atoms with Crippen LogP contribution in [0.25, 0.3) is 0 Å². The van der Waals surface area contributed by atoms with Crippen LogP contribution >= 0.6 is 0 Å². The van der Waals surface area contributed by atoms with Crippen molar-refractivity contribution < 1.29 is 45.5 Å². The van der Waals surface area contributed by atoms with E-state index in [-0.39, 0.29) is 11.2 Å². The van der Waals surface area contributed by atoms with E-state index in [1.165, 1.54) is 19.1 Å². The molecule has 0 aliphatic carbocycles. The monoisotopic (exact) mass is 623 g/mol. The first-order valence-corrected chi connectivity index (χ1v) is 15.7. The lowest BCUT2D eigenvalue weighted by Gasteiger charge is -2.41. The molecule has 2 atom stereocenters. The first-order chi connectivity index (χ1) is 19.5. The van der Waals surface area contributed by atoms with Crippen molar-refractivity contribution in [2.45, 2.75) is 66.5 Å². The molecule has 1 saturated heterocycles. The van der Waals surface area contributed by atoms with Crippen molar-refractivity contribution in [3.05, 3.63) is 78.4 Å². The van der Waals surface area contributed by atoms with E-state index >= 15 is 0 Å². The Morgan fingerprint density at radius 3 is 1.74 bits per heavy atom. The molecule has 1 heterocycles. The fraction of sp³-hybridized carbons (Fsp3) is 0.367. The molecule has 0 bridgehead atoms. The van der Waals surface area contributed by atoms with Crippen LogP contribution in [0.15, 0.2) is 87.5 Å². The van der Waals surface area contributed by atoms with Crippen LogP contribution in [-0.4, -0.2) is 43.5 Å². The van der Waals surface area contributed by atoms with Crippen LogP contribution in [0.5, 0.6) is 11.5 Å². The summed E-state index contributed by atoms with van der Waals surface area (Å²) in [5.74, 6) is -0.935. The second kappa shape index (κ2) is 11.9. The topological polar surface area (TPSA) is 108 Å². The summed E-state index contributed by atoms with van der Waals surface area (Å²) in [4.78, 5) is 14.0. The number of halogens is 2. The van der Waals surface area contributed by atoms with Gasteiger partial charge in [-0.2, -0.15) is 17.2 Å². The number of hydrogen-bond donors (Lipinski definition) is 1. The summed E-state index contributed by atoms with van der Waals surface area (Å²) < 4.78 is 81.5. The molecular formula is C30H33F2O8S2+. The van der Waals surface area contributed by atoms with Gasteiger partial charge in [-0.15, -0.1) is 0 Å². The molecule has 12 heteroatoms. The molecule has 42 heavy (non-hydrogen) atoms. The lowest BCUT2D eigenvalue weighted by Crippen LogP contribution is -2.43. The SMILES string of the molecule is CC(=O)Oc1ccc([S+](c2ccc(OC(C)C(F)(F)S(=O)(=O)O)cc2)c2ccc(C3(C)OCC(C)(C)CO3)cc2)cc1. The summed E-state index contributed by atoms with van der Waals surface area (Å²) in [6.07, 6.45) is -2.13. The quantitative estimate of drug-likeness (QED) is 0.130. The van der Waals surface area contributed by atoms with E-state index < -0.39 is 44.1 Å². The lowest BCUT2D eigenvalue weighted by molar-refractivity contribution is -0.298. The molecule has 4 rings (SSSR count). The van der Waals surface area contributed by atoms with Crippen molar-refractivity contribution in [1.29, 1.82) is 0 Å². The van der Waals surface area contributed by atoms with Crippen molar-refractivity contribution in [3.8, 4) is 11.5 Å². The van der Waals surface area contributed by atoms with Gasteiger partial charge in [0.1, 0.15) is 11.5 Å². The van der Waals surface area contributed by atoms with Crippen LogP contribution < -0.4 is 9.47 Å². The standard InChI is InChI=1S/C30H32F2O8S2/c1-20(30(31,32)42(34,35)36)39-23-8-14-26(15-9-23)41(27-16-10-24(11-17-27)40-21(2)33)25-12-6-22(7-13-25)29(5)37-18-28(3,4)19-38-29/h6-17,20H,18-19H2,1-5H3/p+1. The van der Waals surface area contributed by atoms with Gasteiger partial charge in [0, 0.05) is 17.9 Å². The van der Waals surface area contributed by atoms with Crippen molar-refractivity contribution in [2.24, 2.45) is 5.41 Å².